The maximum Gasteiger partial charge on any atom is 0.327 e. The van der Waals surface area contributed by atoms with Crippen LogP contribution in [0.25, 0.3) is 0 Å². The van der Waals surface area contributed by atoms with Crippen LogP contribution in [0.1, 0.15) is 49.5 Å². The summed E-state index contributed by atoms with van der Waals surface area (Å²) in [5.74, 6) is -2.46. The van der Waals surface area contributed by atoms with E-state index in [0.29, 0.717) is 18.7 Å². The van der Waals surface area contributed by atoms with E-state index in [2.05, 4.69) is 10.6 Å². The summed E-state index contributed by atoms with van der Waals surface area (Å²) in [5, 5.41) is 34.7. The van der Waals surface area contributed by atoms with Gasteiger partial charge in [0.15, 0.2) is 17.3 Å². The van der Waals surface area contributed by atoms with Gasteiger partial charge in [-0.25, -0.2) is 4.79 Å². The number of para-hydroxylation sites is 1. The lowest BCUT2D eigenvalue weighted by Crippen LogP contribution is -2.41. The van der Waals surface area contributed by atoms with E-state index in [9.17, 15) is 29.7 Å². The molecule has 2 rings (SSSR count). The zero-order valence-electron chi connectivity index (χ0n) is 19.8. The number of Topliss-reactive ketones (excluding diaryl/α,β-unsaturated/α-hetero) is 1. The summed E-state index contributed by atoms with van der Waals surface area (Å²) in [4.78, 5) is 36.5. The minimum Gasteiger partial charge on any atom is -0.504 e. The first kappa shape index (κ1) is 26.7. The Labute approximate surface area is 198 Å². The summed E-state index contributed by atoms with van der Waals surface area (Å²) < 4.78 is 4.71. The number of carbonyl (C=O) groups excluding carboxylic acids is 2. The molecule has 0 spiro atoms. The Morgan fingerprint density at radius 3 is 2.35 bits per heavy atom. The zero-order valence-corrected chi connectivity index (χ0v) is 19.8. The van der Waals surface area contributed by atoms with Crippen LogP contribution in [0.4, 0.5) is 5.69 Å². The van der Waals surface area contributed by atoms with Gasteiger partial charge in [0, 0.05) is 11.3 Å². The minimum absolute atomic E-state index is 0.210. The van der Waals surface area contributed by atoms with Crippen molar-refractivity contribution in [2.75, 3.05) is 19.0 Å². The molecular weight excluding hydrogens is 440 g/mol. The average molecular weight is 473 g/mol. The molecule has 2 aromatic carbocycles. The van der Waals surface area contributed by atoms with Crippen LogP contribution in [-0.4, -0.2) is 58.8 Å². The number of hydrogen-bond donors (Lipinski definition) is 5. The number of anilines is 1. The Bertz CT molecular complexity index is 1040. The molecule has 0 aliphatic carbocycles. The number of carboxylic acid groups (broad SMARTS) is 1. The van der Waals surface area contributed by atoms with Gasteiger partial charge in [0.1, 0.15) is 6.04 Å². The number of phenolic OH excluding ortho intramolecular Hbond substituents is 2. The van der Waals surface area contributed by atoms with Crippen LogP contribution >= 0.6 is 0 Å². The quantitative estimate of drug-likeness (QED) is 0.179. The van der Waals surface area contributed by atoms with Gasteiger partial charge in [-0.1, -0.05) is 32.0 Å². The highest BCUT2D eigenvalue weighted by molar-refractivity contribution is 6.06. The maximum absolute atomic E-state index is 13.3. The molecule has 0 aliphatic rings. The fourth-order valence-electron chi connectivity index (χ4n) is 3.56. The van der Waals surface area contributed by atoms with Gasteiger partial charge < -0.3 is 30.7 Å². The number of ether oxygens (including phenoxy) is 1. The molecule has 0 saturated carbocycles. The largest absolute Gasteiger partial charge is 0.504 e. The van der Waals surface area contributed by atoms with Gasteiger partial charge in [-0.05, 0) is 55.1 Å². The van der Waals surface area contributed by atoms with Crippen LogP contribution in [0.2, 0.25) is 0 Å². The highest BCUT2D eigenvalue weighted by Gasteiger charge is 2.27. The number of hydrogen-bond acceptors (Lipinski definition) is 8. The highest BCUT2D eigenvalue weighted by atomic mass is 16.5. The summed E-state index contributed by atoms with van der Waals surface area (Å²) in [6, 6.07) is 9.51. The Morgan fingerprint density at radius 2 is 1.74 bits per heavy atom. The van der Waals surface area contributed by atoms with Crippen LogP contribution in [0.15, 0.2) is 42.5 Å². The molecule has 9 heteroatoms. The van der Waals surface area contributed by atoms with E-state index in [0.717, 1.165) is 5.56 Å². The second kappa shape index (κ2) is 11.5. The number of aliphatic carboxylic acids is 1. The lowest BCUT2D eigenvalue weighted by atomic mass is 9.81. The van der Waals surface area contributed by atoms with Crippen LogP contribution < -0.4 is 10.6 Å². The van der Waals surface area contributed by atoms with Crippen molar-refractivity contribution in [3.8, 4) is 11.5 Å². The Morgan fingerprint density at radius 1 is 1.06 bits per heavy atom. The SMILES string of the molecule is COC(=O)C(C)Nc1ccccc1C(=O)[C@H](CC(=O)O)NCCC(C)(C)c1ccc(O)c(O)c1. The van der Waals surface area contributed by atoms with Crippen LogP contribution in [0.5, 0.6) is 11.5 Å². The molecule has 34 heavy (non-hydrogen) atoms. The number of benzene rings is 2. The van der Waals surface area contributed by atoms with Crippen LogP contribution in [0.3, 0.4) is 0 Å². The molecule has 2 atom stereocenters. The second-order valence-electron chi connectivity index (χ2n) is 8.74. The molecule has 2 aromatic rings. The summed E-state index contributed by atoms with van der Waals surface area (Å²) in [7, 11) is 1.27. The summed E-state index contributed by atoms with van der Waals surface area (Å²) in [6.45, 7) is 5.82. The van der Waals surface area contributed by atoms with Crippen molar-refractivity contribution in [3.63, 3.8) is 0 Å². The highest BCUT2D eigenvalue weighted by Crippen LogP contribution is 2.33. The van der Waals surface area contributed by atoms with E-state index in [4.69, 9.17) is 4.74 Å². The third-order valence-corrected chi connectivity index (χ3v) is 5.71. The van der Waals surface area contributed by atoms with Gasteiger partial charge >= 0.3 is 11.9 Å². The van der Waals surface area contributed by atoms with Crippen LogP contribution in [0, 0.1) is 0 Å². The predicted octanol–water partition coefficient (Wildman–Crippen LogP) is 3.05. The van der Waals surface area contributed by atoms with Crippen molar-refractivity contribution in [1.29, 1.82) is 0 Å². The van der Waals surface area contributed by atoms with E-state index in [1.54, 1.807) is 37.3 Å². The summed E-state index contributed by atoms with van der Waals surface area (Å²) in [6.07, 6.45) is 0.111. The topological polar surface area (TPSA) is 145 Å². The fourth-order valence-corrected chi connectivity index (χ4v) is 3.56. The summed E-state index contributed by atoms with van der Waals surface area (Å²) in [5.41, 5.74) is 1.03. The predicted molar refractivity (Wildman–Crippen MR) is 127 cm³/mol. The molecule has 9 nitrogen and oxygen atoms in total. The molecule has 184 valence electrons. The zero-order chi connectivity index (χ0) is 25.5. The fraction of sp³-hybridized carbons (Fsp3) is 0.400. The van der Waals surface area contributed by atoms with Crippen molar-refractivity contribution >= 4 is 23.4 Å². The maximum atomic E-state index is 13.3. The number of nitrogens with one attached hydrogen (secondary N) is 2. The van der Waals surface area contributed by atoms with E-state index in [1.165, 1.54) is 19.2 Å². The number of phenols is 2. The smallest absolute Gasteiger partial charge is 0.327 e. The molecule has 0 amide bonds. The first-order valence-electron chi connectivity index (χ1n) is 10.9. The van der Waals surface area contributed by atoms with Crippen molar-refractivity contribution in [2.45, 2.75) is 51.1 Å². The molecule has 5 N–H and O–H groups in total. The monoisotopic (exact) mass is 472 g/mol. The second-order valence-corrected chi connectivity index (χ2v) is 8.74. The molecule has 0 aliphatic heterocycles. The minimum atomic E-state index is -1.12. The number of esters is 1. The number of ketones is 1. The first-order valence-corrected chi connectivity index (χ1v) is 10.9. The van der Waals surface area contributed by atoms with E-state index >= 15 is 0 Å². The number of methoxy groups -OCH3 is 1. The Balaban J connectivity index is 2.17. The van der Waals surface area contributed by atoms with E-state index in [-0.39, 0.29) is 17.1 Å². The van der Waals surface area contributed by atoms with E-state index < -0.39 is 41.6 Å². The van der Waals surface area contributed by atoms with Crippen molar-refractivity contribution in [3.05, 3.63) is 53.6 Å². The first-order chi connectivity index (χ1) is 16.0. The lowest BCUT2D eigenvalue weighted by molar-refractivity contribution is -0.141. The Hall–Kier alpha value is -3.59. The normalized spacial score (nSPS) is 13.1. The molecule has 0 heterocycles. The molecular formula is C25H32N2O7. The summed E-state index contributed by atoms with van der Waals surface area (Å²) >= 11 is 0. The lowest BCUT2D eigenvalue weighted by Gasteiger charge is -2.27. The average Bonchev–Trinajstić information content (AvgIpc) is 2.79. The standard InChI is InChI=1S/C25H32N2O7/c1-15(24(33)34-4)27-18-8-6-5-7-17(18)23(32)19(14-22(30)31)26-12-11-25(2,3)16-9-10-20(28)21(29)13-16/h5-10,13,15,19,26-29H,11-12,14H2,1-4H3,(H,30,31)/t15?,19-/m0/s1. The third-order valence-electron chi connectivity index (χ3n) is 5.71. The van der Waals surface area contributed by atoms with Gasteiger partial charge in [0.05, 0.1) is 19.6 Å². The number of carboxylic acids is 1. The third kappa shape index (κ3) is 6.95. The van der Waals surface area contributed by atoms with Gasteiger partial charge in [-0.3, -0.25) is 9.59 Å². The van der Waals surface area contributed by atoms with Gasteiger partial charge in [-0.2, -0.15) is 0 Å². The molecule has 0 aromatic heterocycles. The number of rotatable bonds is 12. The molecule has 0 saturated heterocycles. The molecule has 0 radical (unpaired) electrons. The van der Waals surface area contributed by atoms with Crippen molar-refractivity contribution in [2.24, 2.45) is 0 Å². The van der Waals surface area contributed by atoms with Crippen molar-refractivity contribution in [1.82, 2.24) is 5.32 Å². The Kier molecular flexibility index (Phi) is 9.03. The molecule has 0 bridgehead atoms. The van der Waals surface area contributed by atoms with Crippen molar-refractivity contribution < 1.29 is 34.4 Å². The molecule has 0 fully saturated rings. The van der Waals surface area contributed by atoms with Gasteiger partial charge in [-0.15, -0.1) is 0 Å². The van der Waals surface area contributed by atoms with E-state index in [1.807, 2.05) is 13.8 Å². The van der Waals surface area contributed by atoms with Gasteiger partial charge in [0.25, 0.3) is 0 Å². The number of carbonyl (C=O) groups is 3. The molecule has 1 unspecified atom stereocenters. The van der Waals surface area contributed by atoms with Gasteiger partial charge in [0.2, 0.25) is 0 Å². The van der Waals surface area contributed by atoms with Crippen LogP contribution in [-0.2, 0) is 19.7 Å². The number of aromatic hydroxyl groups is 2.